The summed E-state index contributed by atoms with van der Waals surface area (Å²) in [4.78, 5) is 11.7. The Hall–Kier alpha value is 0.0300. The van der Waals surface area contributed by atoms with Crippen LogP contribution in [0.3, 0.4) is 0 Å². The molecule has 0 aromatic rings. The highest BCUT2D eigenvalue weighted by atomic mass is 35.5. The average molecular weight is 283 g/mol. The molecule has 102 valence electrons. The molecule has 1 aliphatic heterocycles. The van der Waals surface area contributed by atoms with Gasteiger partial charge in [-0.2, -0.15) is 11.8 Å². The van der Waals surface area contributed by atoms with E-state index in [-0.39, 0.29) is 23.1 Å². The molecular formula is C11H23ClN2O2S. The van der Waals surface area contributed by atoms with E-state index in [9.17, 15) is 4.79 Å². The van der Waals surface area contributed by atoms with Gasteiger partial charge in [0.05, 0.1) is 5.54 Å². The summed E-state index contributed by atoms with van der Waals surface area (Å²) < 4.78 is 5.47. The van der Waals surface area contributed by atoms with Crippen LogP contribution in [0, 0.1) is 0 Å². The number of thioether (sulfide) groups is 1. The molecular weight excluding hydrogens is 260 g/mol. The van der Waals surface area contributed by atoms with Gasteiger partial charge < -0.3 is 15.8 Å². The molecule has 17 heavy (non-hydrogen) atoms. The topological polar surface area (TPSA) is 64.4 Å². The smallest absolute Gasteiger partial charge is 0.239 e. The molecule has 0 aromatic heterocycles. The predicted molar refractivity (Wildman–Crippen MR) is 74.8 cm³/mol. The van der Waals surface area contributed by atoms with Crippen molar-refractivity contribution in [1.29, 1.82) is 0 Å². The minimum atomic E-state index is -0.801. The fraction of sp³-hybridized carbons (Fsp3) is 0.909. The molecule has 0 atom stereocenters. The molecule has 0 radical (unpaired) electrons. The van der Waals surface area contributed by atoms with Crippen molar-refractivity contribution in [2.75, 3.05) is 26.0 Å². The van der Waals surface area contributed by atoms with Gasteiger partial charge in [0.2, 0.25) is 5.91 Å². The maximum atomic E-state index is 11.7. The van der Waals surface area contributed by atoms with Gasteiger partial charge in [-0.1, -0.05) is 0 Å². The molecule has 1 aliphatic rings. The van der Waals surface area contributed by atoms with Crippen LogP contribution in [-0.4, -0.2) is 42.2 Å². The Balaban J connectivity index is 0.00000256. The van der Waals surface area contributed by atoms with Gasteiger partial charge in [0.25, 0.3) is 0 Å². The molecule has 0 spiro atoms. The maximum absolute atomic E-state index is 11.7. The largest absolute Gasteiger partial charge is 0.381 e. The summed E-state index contributed by atoms with van der Waals surface area (Å²) in [6.45, 7) is 5.68. The van der Waals surface area contributed by atoms with Crippen LogP contribution < -0.4 is 11.1 Å². The van der Waals surface area contributed by atoms with Crippen molar-refractivity contribution in [1.82, 2.24) is 5.32 Å². The Morgan fingerprint density at radius 2 is 2.00 bits per heavy atom. The lowest BCUT2D eigenvalue weighted by atomic mass is 9.98. The van der Waals surface area contributed by atoms with Crippen molar-refractivity contribution in [2.45, 2.75) is 37.0 Å². The highest BCUT2D eigenvalue weighted by Gasteiger charge is 2.33. The number of carbonyl (C=O) groups is 1. The van der Waals surface area contributed by atoms with Crippen molar-refractivity contribution < 1.29 is 9.53 Å². The monoisotopic (exact) mass is 282 g/mol. The second kappa shape index (κ2) is 6.83. The second-order valence-electron chi connectivity index (χ2n) is 4.90. The third-order valence-corrected chi connectivity index (χ3v) is 4.41. The summed E-state index contributed by atoms with van der Waals surface area (Å²) in [7, 11) is 0. The lowest BCUT2D eigenvalue weighted by Crippen LogP contribution is -2.53. The van der Waals surface area contributed by atoms with Crippen molar-refractivity contribution >= 4 is 30.1 Å². The van der Waals surface area contributed by atoms with Crippen LogP contribution in [0.5, 0.6) is 0 Å². The van der Waals surface area contributed by atoms with E-state index in [1.165, 1.54) is 0 Å². The number of ether oxygens (including phenoxy) is 1. The first-order valence-electron chi connectivity index (χ1n) is 5.60. The van der Waals surface area contributed by atoms with E-state index in [2.05, 4.69) is 11.6 Å². The van der Waals surface area contributed by atoms with Crippen molar-refractivity contribution in [3.63, 3.8) is 0 Å². The number of hydrogen-bond acceptors (Lipinski definition) is 4. The molecule has 0 aromatic carbocycles. The molecule has 4 nitrogen and oxygen atoms in total. The Kier molecular flexibility index (Phi) is 6.84. The van der Waals surface area contributed by atoms with Gasteiger partial charge in [0.15, 0.2) is 0 Å². The normalized spacial score (nSPS) is 19.3. The van der Waals surface area contributed by atoms with E-state index in [1.807, 2.05) is 11.8 Å². The van der Waals surface area contributed by atoms with Gasteiger partial charge in [-0.25, -0.2) is 0 Å². The average Bonchev–Trinajstić information content (AvgIpc) is 2.26. The Morgan fingerprint density at radius 1 is 1.47 bits per heavy atom. The van der Waals surface area contributed by atoms with Crippen LogP contribution in [-0.2, 0) is 9.53 Å². The summed E-state index contributed by atoms with van der Waals surface area (Å²) in [6.07, 6.45) is 4.06. The van der Waals surface area contributed by atoms with Crippen LogP contribution in [0.25, 0.3) is 0 Å². The zero-order valence-corrected chi connectivity index (χ0v) is 12.4. The zero-order valence-electron chi connectivity index (χ0n) is 10.7. The molecule has 0 unspecified atom stereocenters. The highest BCUT2D eigenvalue weighted by Crippen LogP contribution is 2.33. The first kappa shape index (κ1) is 17.0. The third kappa shape index (κ3) is 5.04. The summed E-state index contributed by atoms with van der Waals surface area (Å²) in [5.41, 5.74) is 4.93. The van der Waals surface area contributed by atoms with E-state index in [0.29, 0.717) is 6.54 Å². The number of halogens is 1. The molecule has 1 rings (SSSR count). The number of rotatable bonds is 4. The first-order valence-corrected chi connectivity index (χ1v) is 6.82. The SMILES string of the molecule is CSC1(CNC(=O)C(C)(C)N)CCOCC1.Cl. The third-order valence-electron chi connectivity index (χ3n) is 2.99. The molecule has 0 saturated carbocycles. The van der Waals surface area contributed by atoms with Crippen LogP contribution in [0.4, 0.5) is 0 Å². The van der Waals surface area contributed by atoms with Gasteiger partial charge >= 0.3 is 0 Å². The zero-order chi connectivity index (χ0) is 12.2. The molecule has 0 bridgehead atoms. The van der Waals surface area contributed by atoms with E-state index in [4.69, 9.17) is 10.5 Å². The first-order chi connectivity index (χ1) is 7.40. The van der Waals surface area contributed by atoms with E-state index >= 15 is 0 Å². The fourth-order valence-electron chi connectivity index (χ4n) is 1.67. The minimum Gasteiger partial charge on any atom is -0.381 e. The van der Waals surface area contributed by atoms with Gasteiger partial charge in [-0.3, -0.25) is 4.79 Å². The van der Waals surface area contributed by atoms with Crippen molar-refractivity contribution in [3.05, 3.63) is 0 Å². The molecule has 0 aliphatic carbocycles. The predicted octanol–water partition coefficient (Wildman–Crippen LogP) is 1.17. The van der Waals surface area contributed by atoms with Crippen LogP contribution in [0.1, 0.15) is 26.7 Å². The van der Waals surface area contributed by atoms with Gasteiger partial charge in [0, 0.05) is 24.5 Å². The van der Waals surface area contributed by atoms with Gasteiger partial charge in [-0.05, 0) is 32.9 Å². The number of nitrogens with two attached hydrogens (primary N) is 1. The molecule has 6 heteroatoms. The molecule has 1 heterocycles. The second-order valence-corrected chi connectivity index (χ2v) is 6.18. The van der Waals surface area contributed by atoms with E-state index in [1.54, 1.807) is 13.8 Å². The number of amides is 1. The van der Waals surface area contributed by atoms with Gasteiger partial charge in [0.1, 0.15) is 0 Å². The summed E-state index contributed by atoms with van der Waals surface area (Å²) >= 11 is 1.81. The van der Waals surface area contributed by atoms with E-state index in [0.717, 1.165) is 26.1 Å². The highest BCUT2D eigenvalue weighted by molar-refractivity contribution is 8.00. The van der Waals surface area contributed by atoms with Crippen molar-refractivity contribution in [2.24, 2.45) is 5.73 Å². The summed E-state index contributed by atoms with van der Waals surface area (Å²) in [5.74, 6) is -0.0904. The van der Waals surface area contributed by atoms with Crippen LogP contribution in [0.15, 0.2) is 0 Å². The molecule has 1 fully saturated rings. The summed E-state index contributed by atoms with van der Waals surface area (Å²) in [6, 6.07) is 0. The van der Waals surface area contributed by atoms with Crippen LogP contribution >= 0.6 is 24.2 Å². The van der Waals surface area contributed by atoms with Gasteiger partial charge in [-0.15, -0.1) is 12.4 Å². The number of carbonyl (C=O) groups excluding carboxylic acids is 1. The Labute approximate surface area is 114 Å². The standard InChI is InChI=1S/C11H22N2O2S.ClH/c1-10(2,12)9(14)13-8-11(16-3)4-6-15-7-5-11;/h4-8,12H2,1-3H3,(H,13,14);1H. The lowest BCUT2D eigenvalue weighted by Gasteiger charge is -2.36. The Morgan fingerprint density at radius 3 is 2.41 bits per heavy atom. The molecule has 3 N–H and O–H groups in total. The molecule has 1 saturated heterocycles. The maximum Gasteiger partial charge on any atom is 0.239 e. The minimum absolute atomic E-state index is 0. The fourth-order valence-corrected chi connectivity index (χ4v) is 2.46. The summed E-state index contributed by atoms with van der Waals surface area (Å²) in [5, 5.41) is 2.94. The molecule has 1 amide bonds. The number of hydrogen-bond donors (Lipinski definition) is 2. The lowest BCUT2D eigenvalue weighted by molar-refractivity contribution is -0.125. The quantitative estimate of drug-likeness (QED) is 0.813. The van der Waals surface area contributed by atoms with Crippen molar-refractivity contribution in [3.8, 4) is 0 Å². The van der Waals surface area contributed by atoms with Crippen LogP contribution in [0.2, 0.25) is 0 Å². The Bertz CT molecular complexity index is 250. The van der Waals surface area contributed by atoms with E-state index < -0.39 is 5.54 Å². The number of nitrogens with one attached hydrogen (secondary N) is 1.